The second-order valence-corrected chi connectivity index (χ2v) is 21.8. The van der Waals surface area contributed by atoms with Gasteiger partial charge < -0.3 is 65.1 Å². The van der Waals surface area contributed by atoms with Crippen molar-refractivity contribution in [1.29, 1.82) is 0 Å². The molecule has 0 aromatic carbocycles. The minimum atomic E-state index is -1.80. The van der Waals surface area contributed by atoms with Crippen LogP contribution in [0.1, 0.15) is 226 Å². The Morgan fingerprint density at radius 1 is 0.468 bits per heavy atom. The van der Waals surface area contributed by atoms with Crippen molar-refractivity contribution in [3.05, 3.63) is 85.1 Å². The third-order valence-corrected chi connectivity index (χ3v) is 14.8. The number of unbranched alkanes of at least 4 members (excludes halogenated alkanes) is 24. The fraction of sp³-hybridized carbons (Fsp3) is 0.769. The summed E-state index contributed by atoms with van der Waals surface area (Å²) in [6.45, 7) is 2.67. The van der Waals surface area contributed by atoms with Crippen LogP contribution in [-0.4, -0.2) is 140 Å². The molecule has 9 N–H and O–H groups in total. The highest BCUT2D eigenvalue weighted by atomic mass is 16.7. The van der Waals surface area contributed by atoms with E-state index in [-0.39, 0.29) is 18.9 Å². The molecule has 0 bridgehead atoms. The fourth-order valence-electron chi connectivity index (χ4n) is 9.82. The molecule has 2 aliphatic heterocycles. The van der Waals surface area contributed by atoms with Gasteiger partial charge in [-0.2, -0.15) is 0 Å². The maximum atomic E-state index is 13.3. The average molecular weight is 1120 g/mol. The first-order valence-electron chi connectivity index (χ1n) is 31.3. The van der Waals surface area contributed by atoms with Gasteiger partial charge in [-0.3, -0.25) is 4.79 Å². The minimum absolute atomic E-state index is 0.247. The Bertz CT molecular complexity index is 1650. The van der Waals surface area contributed by atoms with Gasteiger partial charge in [-0.25, -0.2) is 0 Å². The van der Waals surface area contributed by atoms with E-state index >= 15 is 0 Å². The molecule has 2 aliphatic rings. The van der Waals surface area contributed by atoms with Gasteiger partial charge in [-0.15, -0.1) is 0 Å². The standard InChI is InChI=1S/C65H113NO13/c1-3-5-7-9-11-13-15-17-19-21-23-25-27-29-31-33-35-37-39-41-43-45-47-49-57(70)66-53(52-76-64-62(75)60(73)63(56(51-68)78-64)79-65-61(74)59(72)58(71)55(50-67)77-65)54(69)48-46-44-42-40-38-36-34-32-30-28-26-24-22-20-18-16-14-12-10-8-6-4-2/h5,7,11,13,17,19,23,25,29,31,35,37,46,48,53-56,58-65,67-69,71-75H,3-4,6,8-10,12,14-16,18,20-22,24,26-28,30,32-34,36,38-45,47,49-52H2,1-2H3,(H,66,70)/b7-5-,13-11-,19-17-,25-23-,31-29-,37-35-,48-46+. The second kappa shape index (κ2) is 49.8. The van der Waals surface area contributed by atoms with E-state index in [2.05, 4.69) is 92.1 Å². The molecular weight excluding hydrogens is 1000 g/mol. The highest BCUT2D eigenvalue weighted by molar-refractivity contribution is 5.76. The van der Waals surface area contributed by atoms with Crippen LogP contribution in [0.3, 0.4) is 0 Å². The molecule has 2 heterocycles. The number of hydrogen-bond acceptors (Lipinski definition) is 13. The topological polar surface area (TPSA) is 228 Å². The lowest BCUT2D eigenvalue weighted by Crippen LogP contribution is -2.65. The summed E-state index contributed by atoms with van der Waals surface area (Å²) in [5.41, 5.74) is 0. The van der Waals surface area contributed by atoms with Gasteiger partial charge in [0.1, 0.15) is 48.8 Å². The van der Waals surface area contributed by atoms with Crippen molar-refractivity contribution in [1.82, 2.24) is 5.32 Å². The van der Waals surface area contributed by atoms with Gasteiger partial charge >= 0.3 is 0 Å². The third kappa shape index (κ3) is 35.0. The Hall–Kier alpha value is -2.83. The fourth-order valence-corrected chi connectivity index (χ4v) is 9.82. The first-order chi connectivity index (χ1) is 38.6. The summed E-state index contributed by atoms with van der Waals surface area (Å²) in [6, 6.07) is -0.935. The van der Waals surface area contributed by atoms with E-state index in [0.717, 1.165) is 83.5 Å². The van der Waals surface area contributed by atoms with E-state index in [1.54, 1.807) is 6.08 Å². The molecule has 0 saturated carbocycles. The second-order valence-electron chi connectivity index (χ2n) is 21.8. The molecule has 0 aromatic rings. The van der Waals surface area contributed by atoms with Crippen molar-refractivity contribution in [3.8, 4) is 0 Å². The largest absolute Gasteiger partial charge is 0.394 e. The van der Waals surface area contributed by atoms with Crippen molar-refractivity contribution in [2.45, 2.75) is 299 Å². The maximum absolute atomic E-state index is 13.3. The van der Waals surface area contributed by atoms with Crippen LogP contribution in [0.15, 0.2) is 85.1 Å². The zero-order valence-corrected chi connectivity index (χ0v) is 49.1. The lowest BCUT2D eigenvalue weighted by molar-refractivity contribution is -0.359. The monoisotopic (exact) mass is 1120 g/mol. The Morgan fingerprint density at radius 3 is 1.34 bits per heavy atom. The Morgan fingerprint density at radius 2 is 0.873 bits per heavy atom. The predicted octanol–water partition coefficient (Wildman–Crippen LogP) is 11.3. The first-order valence-corrected chi connectivity index (χ1v) is 31.3. The summed E-state index contributed by atoms with van der Waals surface area (Å²) in [4.78, 5) is 13.3. The number of hydrogen-bond donors (Lipinski definition) is 9. The SMILES string of the molecule is CC/C=C\C/C=C\C/C=C\C/C=C\C/C=C\C/C=C\CCCCCCC(=O)NC(COC1OC(CO)C(OC2OC(CO)C(O)C(O)C2O)C(O)C1O)C(O)/C=C/CCCCCCCCCCCCCCCCCCCCCC. The van der Waals surface area contributed by atoms with Crippen molar-refractivity contribution in [3.63, 3.8) is 0 Å². The Balaban J connectivity index is 1.77. The Kier molecular flexibility index (Phi) is 45.5. The van der Waals surface area contributed by atoms with Crippen LogP contribution in [0, 0.1) is 0 Å². The molecule has 456 valence electrons. The van der Waals surface area contributed by atoms with Gasteiger partial charge in [0.25, 0.3) is 0 Å². The molecule has 2 saturated heterocycles. The average Bonchev–Trinajstić information content (AvgIpc) is 3.47. The van der Waals surface area contributed by atoms with Gasteiger partial charge in [-0.05, 0) is 70.6 Å². The molecular formula is C65H113NO13. The van der Waals surface area contributed by atoms with Gasteiger partial charge in [0.15, 0.2) is 12.6 Å². The van der Waals surface area contributed by atoms with Crippen LogP contribution in [0.2, 0.25) is 0 Å². The van der Waals surface area contributed by atoms with Crippen molar-refractivity contribution < 1.29 is 64.6 Å². The van der Waals surface area contributed by atoms with E-state index in [1.807, 2.05) is 6.08 Å². The summed E-state index contributed by atoms with van der Waals surface area (Å²) in [6.07, 6.45) is 50.4. The van der Waals surface area contributed by atoms with E-state index in [0.29, 0.717) is 6.42 Å². The summed E-state index contributed by atoms with van der Waals surface area (Å²) >= 11 is 0. The quantitative estimate of drug-likeness (QED) is 0.0204. The van der Waals surface area contributed by atoms with Crippen molar-refractivity contribution in [2.24, 2.45) is 0 Å². The molecule has 14 heteroatoms. The zero-order chi connectivity index (χ0) is 57.4. The molecule has 14 nitrogen and oxygen atoms in total. The minimum Gasteiger partial charge on any atom is -0.394 e. The number of allylic oxidation sites excluding steroid dienone is 13. The van der Waals surface area contributed by atoms with Crippen molar-refractivity contribution >= 4 is 5.91 Å². The van der Waals surface area contributed by atoms with E-state index in [4.69, 9.17) is 18.9 Å². The van der Waals surface area contributed by atoms with Gasteiger partial charge in [0, 0.05) is 6.42 Å². The van der Waals surface area contributed by atoms with Gasteiger partial charge in [0.2, 0.25) is 5.91 Å². The smallest absolute Gasteiger partial charge is 0.220 e. The third-order valence-electron chi connectivity index (χ3n) is 14.8. The number of carbonyl (C=O) groups excluding carboxylic acids is 1. The van der Waals surface area contributed by atoms with Crippen LogP contribution < -0.4 is 5.32 Å². The van der Waals surface area contributed by atoms with Crippen molar-refractivity contribution in [2.75, 3.05) is 19.8 Å². The molecule has 0 spiro atoms. The summed E-state index contributed by atoms with van der Waals surface area (Å²) in [5.74, 6) is -0.265. The highest BCUT2D eigenvalue weighted by Gasteiger charge is 2.51. The number of aliphatic hydroxyl groups excluding tert-OH is 8. The van der Waals surface area contributed by atoms with Crippen LogP contribution in [0.4, 0.5) is 0 Å². The summed E-state index contributed by atoms with van der Waals surface area (Å²) < 4.78 is 22.8. The van der Waals surface area contributed by atoms with Crippen LogP contribution in [0.5, 0.6) is 0 Å². The normalized spacial score (nSPS) is 25.0. The lowest BCUT2D eigenvalue weighted by Gasteiger charge is -2.46. The van der Waals surface area contributed by atoms with Gasteiger partial charge in [0.05, 0.1) is 32.0 Å². The number of rotatable bonds is 49. The molecule has 1 amide bonds. The predicted molar refractivity (Wildman–Crippen MR) is 318 cm³/mol. The number of amides is 1. The molecule has 0 aliphatic carbocycles. The molecule has 0 aromatic heterocycles. The van der Waals surface area contributed by atoms with Crippen LogP contribution >= 0.6 is 0 Å². The number of aliphatic hydroxyl groups is 8. The molecule has 0 radical (unpaired) electrons. The zero-order valence-electron chi connectivity index (χ0n) is 49.1. The number of ether oxygens (including phenoxy) is 4. The van der Waals surface area contributed by atoms with Crippen LogP contribution in [-0.2, 0) is 23.7 Å². The molecule has 2 rings (SSSR count). The van der Waals surface area contributed by atoms with E-state index in [9.17, 15) is 45.6 Å². The Labute approximate surface area is 478 Å². The molecule has 12 atom stereocenters. The molecule has 2 fully saturated rings. The van der Waals surface area contributed by atoms with Crippen LogP contribution in [0.25, 0.3) is 0 Å². The maximum Gasteiger partial charge on any atom is 0.220 e. The van der Waals surface area contributed by atoms with Gasteiger partial charge in [-0.1, -0.05) is 234 Å². The van der Waals surface area contributed by atoms with E-state index < -0.39 is 86.8 Å². The summed E-state index contributed by atoms with van der Waals surface area (Å²) in [5, 5.41) is 87.2. The van der Waals surface area contributed by atoms with E-state index in [1.165, 1.54) is 116 Å². The molecule has 12 unspecified atom stereocenters. The highest BCUT2D eigenvalue weighted by Crippen LogP contribution is 2.30. The number of nitrogens with one attached hydrogen (secondary N) is 1. The molecule has 79 heavy (non-hydrogen) atoms. The first kappa shape index (κ1) is 72.3. The number of carbonyl (C=O) groups is 1. The summed E-state index contributed by atoms with van der Waals surface area (Å²) in [7, 11) is 0. The lowest BCUT2D eigenvalue weighted by atomic mass is 9.97.